The maximum atomic E-state index is 13.2. The van der Waals surface area contributed by atoms with Gasteiger partial charge in [0.15, 0.2) is 11.4 Å². The molecule has 8 nitrogen and oxygen atoms in total. The molecule has 2 aromatic rings. The van der Waals surface area contributed by atoms with E-state index in [9.17, 15) is 19.5 Å². The second-order valence-corrected chi connectivity index (χ2v) is 8.62. The number of ketones is 1. The third-order valence-corrected chi connectivity index (χ3v) is 6.45. The highest BCUT2D eigenvalue weighted by Crippen LogP contribution is 2.39. The SMILES string of the molecule is CC[C@@]1(O)C(=O)OCc2c1cc1n(c2=O)Cc2cc3c(nc2-1)C=CC(=O)C3CN(C)C. The zero-order valence-electron chi connectivity index (χ0n) is 17.6. The van der Waals surface area contributed by atoms with Crippen LogP contribution in [-0.2, 0) is 33.1 Å². The summed E-state index contributed by atoms with van der Waals surface area (Å²) in [5, 5.41) is 10.9. The molecule has 160 valence electrons. The van der Waals surface area contributed by atoms with Crippen LogP contribution in [-0.4, -0.2) is 52.0 Å². The van der Waals surface area contributed by atoms with Crippen LogP contribution in [0.15, 0.2) is 23.0 Å². The third-order valence-electron chi connectivity index (χ3n) is 6.45. The number of hydrogen-bond acceptors (Lipinski definition) is 7. The summed E-state index contributed by atoms with van der Waals surface area (Å²) in [5.74, 6) is -1.01. The first-order chi connectivity index (χ1) is 14.7. The Morgan fingerprint density at radius 2 is 2.03 bits per heavy atom. The average Bonchev–Trinajstić information content (AvgIpc) is 3.10. The van der Waals surface area contributed by atoms with Gasteiger partial charge in [-0.2, -0.15) is 0 Å². The van der Waals surface area contributed by atoms with Crippen molar-refractivity contribution < 1.29 is 19.4 Å². The van der Waals surface area contributed by atoms with E-state index >= 15 is 0 Å². The first-order valence-corrected chi connectivity index (χ1v) is 10.3. The molecule has 4 heterocycles. The monoisotopic (exact) mass is 421 g/mol. The topological polar surface area (TPSA) is 102 Å². The van der Waals surface area contributed by atoms with Gasteiger partial charge in [0.25, 0.3) is 5.56 Å². The number of carbonyl (C=O) groups is 2. The number of hydrogen-bond donors (Lipinski definition) is 1. The molecular weight excluding hydrogens is 398 g/mol. The van der Waals surface area contributed by atoms with Crippen LogP contribution in [0.5, 0.6) is 0 Å². The molecule has 2 atom stereocenters. The Hall–Kier alpha value is -3.10. The zero-order chi connectivity index (χ0) is 22.1. The highest BCUT2D eigenvalue weighted by molar-refractivity contribution is 6.02. The van der Waals surface area contributed by atoms with E-state index in [4.69, 9.17) is 9.72 Å². The zero-order valence-corrected chi connectivity index (χ0v) is 17.6. The van der Waals surface area contributed by atoms with Crippen LogP contribution in [0.25, 0.3) is 17.5 Å². The number of likely N-dealkylation sites (N-methyl/N-ethyl adjacent to an activating group) is 1. The smallest absolute Gasteiger partial charge is 0.343 e. The van der Waals surface area contributed by atoms with Gasteiger partial charge < -0.3 is 19.3 Å². The number of nitrogens with zero attached hydrogens (tertiary/aromatic N) is 3. The molecule has 3 aliphatic rings. The molecule has 2 aromatic heterocycles. The van der Waals surface area contributed by atoms with Crippen LogP contribution in [0.2, 0.25) is 0 Å². The standard InChI is InChI=1S/C23H23N3O5/c1-4-23(30)16-8-18-20-12(9-26(18)21(28)15(16)11-31-22(23)29)7-13-14(10-25(2)3)19(27)6-5-17(13)24-20/h5-8,14,30H,4,9-11H2,1-3H3/t14?,23-/m0/s1. The number of fused-ring (bicyclic) bond motifs is 5. The van der Waals surface area contributed by atoms with E-state index in [2.05, 4.69) is 0 Å². The number of cyclic esters (lactones) is 1. The molecule has 8 heteroatoms. The Bertz CT molecular complexity index is 1240. The first kappa shape index (κ1) is 19.8. The summed E-state index contributed by atoms with van der Waals surface area (Å²) in [6.45, 7) is 2.41. The van der Waals surface area contributed by atoms with Crippen molar-refractivity contribution in [2.24, 2.45) is 0 Å². The molecule has 31 heavy (non-hydrogen) atoms. The summed E-state index contributed by atoms with van der Waals surface area (Å²) in [6, 6.07) is 3.66. The maximum Gasteiger partial charge on any atom is 0.343 e. The molecule has 0 radical (unpaired) electrons. The van der Waals surface area contributed by atoms with Crippen LogP contribution in [0.3, 0.4) is 0 Å². The lowest BCUT2D eigenvalue weighted by molar-refractivity contribution is -0.172. The molecule has 0 saturated carbocycles. The van der Waals surface area contributed by atoms with Crippen LogP contribution >= 0.6 is 0 Å². The van der Waals surface area contributed by atoms with Crippen molar-refractivity contribution in [2.45, 2.75) is 38.0 Å². The molecule has 5 rings (SSSR count). The summed E-state index contributed by atoms with van der Waals surface area (Å²) in [6.07, 6.45) is 3.36. The molecule has 1 unspecified atom stereocenters. The van der Waals surface area contributed by atoms with E-state index in [1.807, 2.05) is 25.1 Å². The second-order valence-electron chi connectivity index (χ2n) is 8.62. The fourth-order valence-corrected chi connectivity index (χ4v) is 4.75. The summed E-state index contributed by atoms with van der Waals surface area (Å²) >= 11 is 0. The number of esters is 1. The minimum Gasteiger partial charge on any atom is -0.458 e. The Morgan fingerprint density at radius 1 is 1.26 bits per heavy atom. The van der Waals surface area contributed by atoms with E-state index in [1.54, 1.807) is 29.7 Å². The average molecular weight is 421 g/mol. The third kappa shape index (κ3) is 2.75. The summed E-state index contributed by atoms with van der Waals surface area (Å²) in [7, 11) is 3.84. The van der Waals surface area contributed by atoms with E-state index in [-0.39, 0.29) is 30.3 Å². The molecule has 0 fully saturated rings. The fraction of sp³-hybridized carbons (Fsp3) is 0.391. The van der Waals surface area contributed by atoms with Gasteiger partial charge in [-0.25, -0.2) is 9.78 Å². The molecule has 0 saturated heterocycles. The highest BCUT2D eigenvalue weighted by atomic mass is 16.6. The number of rotatable bonds is 3. The van der Waals surface area contributed by atoms with Gasteiger partial charge in [0.05, 0.1) is 35.1 Å². The maximum absolute atomic E-state index is 13.2. The molecule has 1 aliphatic carbocycles. The number of aromatic nitrogens is 2. The lowest BCUT2D eigenvalue weighted by atomic mass is 9.85. The van der Waals surface area contributed by atoms with Crippen molar-refractivity contribution in [3.05, 3.63) is 56.5 Å². The number of ether oxygens (including phenoxy) is 1. The normalized spacial score (nSPS) is 23.3. The van der Waals surface area contributed by atoms with Crippen molar-refractivity contribution in [3.63, 3.8) is 0 Å². The predicted molar refractivity (Wildman–Crippen MR) is 112 cm³/mol. The van der Waals surface area contributed by atoms with Crippen LogP contribution in [0.1, 0.15) is 47.2 Å². The highest BCUT2D eigenvalue weighted by Gasteiger charge is 2.45. The molecule has 0 bridgehead atoms. The van der Waals surface area contributed by atoms with E-state index < -0.39 is 11.6 Å². The van der Waals surface area contributed by atoms with E-state index in [1.165, 1.54) is 0 Å². The molecule has 2 aliphatic heterocycles. The molecule has 1 N–H and O–H groups in total. The predicted octanol–water partition coefficient (Wildman–Crippen LogP) is 1.17. The summed E-state index contributed by atoms with van der Waals surface area (Å²) in [5.41, 5.74) is 2.07. The minimum atomic E-state index is -1.84. The van der Waals surface area contributed by atoms with Crippen LogP contribution < -0.4 is 5.56 Å². The Kier molecular flexibility index (Phi) is 4.29. The van der Waals surface area contributed by atoms with Gasteiger partial charge in [-0.15, -0.1) is 0 Å². The van der Waals surface area contributed by atoms with Crippen molar-refractivity contribution >= 4 is 17.8 Å². The van der Waals surface area contributed by atoms with Crippen LogP contribution in [0.4, 0.5) is 0 Å². The molecule has 0 amide bonds. The van der Waals surface area contributed by atoms with Gasteiger partial charge in [-0.3, -0.25) is 9.59 Å². The number of carbonyl (C=O) groups excluding carboxylic acids is 2. The largest absolute Gasteiger partial charge is 0.458 e. The molecule has 0 aromatic carbocycles. The quantitative estimate of drug-likeness (QED) is 0.634. The Balaban J connectivity index is 1.69. The van der Waals surface area contributed by atoms with Crippen molar-refractivity contribution in [1.29, 1.82) is 0 Å². The lowest BCUT2D eigenvalue weighted by Gasteiger charge is -2.31. The lowest BCUT2D eigenvalue weighted by Crippen LogP contribution is -2.44. The van der Waals surface area contributed by atoms with Crippen molar-refractivity contribution in [1.82, 2.24) is 14.5 Å². The Labute approximate surface area is 178 Å². The molecular formula is C23H23N3O5. The second kappa shape index (κ2) is 6.70. The minimum absolute atomic E-state index is 0.0368. The van der Waals surface area contributed by atoms with E-state index in [0.29, 0.717) is 41.3 Å². The summed E-state index contributed by atoms with van der Waals surface area (Å²) < 4.78 is 6.70. The first-order valence-electron chi connectivity index (χ1n) is 10.3. The molecule has 0 spiro atoms. The van der Waals surface area contributed by atoms with Gasteiger partial charge >= 0.3 is 5.97 Å². The van der Waals surface area contributed by atoms with Gasteiger partial charge in [-0.1, -0.05) is 6.92 Å². The number of allylic oxidation sites excluding steroid dienone is 1. The van der Waals surface area contributed by atoms with Crippen molar-refractivity contribution in [2.75, 3.05) is 20.6 Å². The number of pyridine rings is 2. The van der Waals surface area contributed by atoms with E-state index in [0.717, 1.165) is 11.1 Å². The van der Waals surface area contributed by atoms with Crippen LogP contribution in [0, 0.1) is 0 Å². The Morgan fingerprint density at radius 3 is 2.74 bits per heavy atom. The fourth-order valence-electron chi connectivity index (χ4n) is 4.75. The number of aliphatic hydroxyl groups is 1. The van der Waals surface area contributed by atoms with Crippen molar-refractivity contribution in [3.8, 4) is 11.4 Å². The van der Waals surface area contributed by atoms with Gasteiger partial charge in [0.2, 0.25) is 0 Å². The van der Waals surface area contributed by atoms with Gasteiger partial charge in [-0.05, 0) is 50.4 Å². The summed E-state index contributed by atoms with van der Waals surface area (Å²) in [4.78, 5) is 44.8. The van der Waals surface area contributed by atoms with Gasteiger partial charge in [0.1, 0.15) is 6.61 Å². The van der Waals surface area contributed by atoms with Gasteiger partial charge in [0, 0.05) is 17.7 Å².